The molecule has 4 rings (SSSR count). The van der Waals surface area contributed by atoms with Crippen LogP contribution in [0.5, 0.6) is 0 Å². The summed E-state index contributed by atoms with van der Waals surface area (Å²) in [5.74, 6) is 0.0888. The molecule has 1 amide bonds. The third-order valence-electron chi connectivity index (χ3n) is 4.23. The highest BCUT2D eigenvalue weighted by atomic mass is 79.9. The molecule has 3 heterocycles. The van der Waals surface area contributed by atoms with Crippen LogP contribution >= 0.6 is 15.9 Å². The van der Waals surface area contributed by atoms with Crippen LogP contribution in [-0.2, 0) is 0 Å². The van der Waals surface area contributed by atoms with E-state index in [0.717, 1.165) is 29.6 Å². The maximum atomic E-state index is 12.7. The van der Waals surface area contributed by atoms with E-state index in [1.807, 2.05) is 23.2 Å². The molecule has 1 spiro atoms. The van der Waals surface area contributed by atoms with Gasteiger partial charge in [0.25, 0.3) is 5.91 Å². The van der Waals surface area contributed by atoms with Gasteiger partial charge in [0.1, 0.15) is 0 Å². The minimum atomic E-state index is 0.0888. The van der Waals surface area contributed by atoms with E-state index in [2.05, 4.69) is 26.3 Å². The zero-order valence-corrected chi connectivity index (χ0v) is 12.6. The Bertz CT molecular complexity index is 692. The number of pyridine rings is 1. The number of halogens is 1. The molecule has 1 aliphatic heterocycles. The number of hydrogen-bond acceptors (Lipinski definition) is 3. The normalized spacial score (nSPS) is 20.6. The molecule has 2 aromatic rings. The Balaban J connectivity index is 1.68. The number of piperazine rings is 1. The van der Waals surface area contributed by atoms with Gasteiger partial charge in [0.15, 0.2) is 0 Å². The summed E-state index contributed by atoms with van der Waals surface area (Å²) in [6.45, 7) is 2.47. The predicted molar refractivity (Wildman–Crippen MR) is 78.8 cm³/mol. The van der Waals surface area contributed by atoms with Crippen molar-refractivity contribution in [2.75, 3.05) is 19.6 Å². The van der Waals surface area contributed by atoms with E-state index >= 15 is 0 Å². The number of carbonyl (C=O) groups is 1. The molecule has 20 heavy (non-hydrogen) atoms. The van der Waals surface area contributed by atoms with E-state index in [-0.39, 0.29) is 11.4 Å². The number of nitrogens with one attached hydrogen (secondary N) is 1. The van der Waals surface area contributed by atoms with Crippen molar-refractivity contribution in [2.24, 2.45) is 0 Å². The Labute approximate surface area is 125 Å². The number of amides is 1. The molecular formula is C14H15BrN4O. The Morgan fingerprint density at radius 3 is 3.10 bits per heavy atom. The SMILES string of the molecule is O=C(c1cnn2ccc(Br)cc12)N1CCNC2(CC2)C1. The van der Waals surface area contributed by atoms with Crippen molar-refractivity contribution in [1.82, 2.24) is 19.8 Å². The van der Waals surface area contributed by atoms with Crippen LogP contribution in [0.2, 0.25) is 0 Å². The van der Waals surface area contributed by atoms with Crippen LogP contribution in [0.25, 0.3) is 5.52 Å². The van der Waals surface area contributed by atoms with E-state index < -0.39 is 0 Å². The minimum absolute atomic E-state index is 0.0888. The number of hydrogen-bond donors (Lipinski definition) is 1. The maximum Gasteiger partial charge on any atom is 0.257 e. The fourth-order valence-electron chi connectivity index (χ4n) is 2.91. The molecule has 1 aliphatic carbocycles. The third kappa shape index (κ3) is 1.94. The summed E-state index contributed by atoms with van der Waals surface area (Å²) >= 11 is 3.45. The van der Waals surface area contributed by atoms with Gasteiger partial charge < -0.3 is 10.2 Å². The highest BCUT2D eigenvalue weighted by molar-refractivity contribution is 9.10. The third-order valence-corrected chi connectivity index (χ3v) is 4.72. The largest absolute Gasteiger partial charge is 0.335 e. The van der Waals surface area contributed by atoms with Crippen LogP contribution < -0.4 is 5.32 Å². The zero-order chi connectivity index (χ0) is 13.7. The molecular weight excluding hydrogens is 320 g/mol. The highest BCUT2D eigenvalue weighted by Gasteiger charge is 2.46. The number of rotatable bonds is 1. The van der Waals surface area contributed by atoms with Crippen molar-refractivity contribution < 1.29 is 4.79 Å². The van der Waals surface area contributed by atoms with Crippen molar-refractivity contribution >= 4 is 27.4 Å². The monoisotopic (exact) mass is 334 g/mol. The van der Waals surface area contributed by atoms with Crippen LogP contribution in [-0.4, -0.2) is 45.6 Å². The van der Waals surface area contributed by atoms with Gasteiger partial charge in [0.2, 0.25) is 0 Å². The van der Waals surface area contributed by atoms with E-state index in [0.29, 0.717) is 5.56 Å². The summed E-state index contributed by atoms with van der Waals surface area (Å²) in [5, 5.41) is 7.78. The van der Waals surface area contributed by atoms with E-state index in [1.165, 1.54) is 12.8 Å². The van der Waals surface area contributed by atoms with Crippen molar-refractivity contribution in [3.05, 3.63) is 34.6 Å². The van der Waals surface area contributed by atoms with Gasteiger partial charge in [-0.25, -0.2) is 4.52 Å². The molecule has 1 saturated carbocycles. The molecule has 0 unspecified atom stereocenters. The molecule has 2 aromatic heterocycles. The fraction of sp³-hybridized carbons (Fsp3) is 0.429. The van der Waals surface area contributed by atoms with Gasteiger partial charge in [0.05, 0.1) is 17.3 Å². The summed E-state index contributed by atoms with van der Waals surface area (Å²) in [5.41, 5.74) is 1.74. The smallest absolute Gasteiger partial charge is 0.257 e. The molecule has 104 valence electrons. The molecule has 0 radical (unpaired) electrons. The van der Waals surface area contributed by atoms with Gasteiger partial charge in [-0.15, -0.1) is 0 Å². The van der Waals surface area contributed by atoms with E-state index in [9.17, 15) is 4.79 Å². The Morgan fingerprint density at radius 1 is 1.45 bits per heavy atom. The molecule has 2 fully saturated rings. The highest BCUT2D eigenvalue weighted by Crippen LogP contribution is 2.37. The first-order valence-electron chi connectivity index (χ1n) is 6.84. The lowest BCUT2D eigenvalue weighted by atomic mass is 10.1. The lowest BCUT2D eigenvalue weighted by molar-refractivity contribution is 0.0693. The number of aromatic nitrogens is 2. The van der Waals surface area contributed by atoms with Crippen molar-refractivity contribution in [3.63, 3.8) is 0 Å². The first kappa shape index (κ1) is 12.3. The van der Waals surface area contributed by atoms with E-state index in [1.54, 1.807) is 10.7 Å². The quantitative estimate of drug-likeness (QED) is 0.863. The molecule has 0 atom stereocenters. The standard InChI is InChI=1S/C14H15BrN4O/c15-10-1-5-19-12(7-10)11(8-17-19)13(20)18-6-4-16-14(9-18)2-3-14/h1,5,7-8,16H,2-4,6,9H2. The van der Waals surface area contributed by atoms with Gasteiger partial charge in [0, 0.05) is 35.8 Å². The van der Waals surface area contributed by atoms with E-state index in [4.69, 9.17) is 0 Å². The minimum Gasteiger partial charge on any atom is -0.335 e. The van der Waals surface area contributed by atoms with Crippen LogP contribution in [0.4, 0.5) is 0 Å². The predicted octanol–water partition coefficient (Wildman–Crippen LogP) is 1.67. The summed E-state index contributed by atoms with van der Waals surface area (Å²) in [4.78, 5) is 14.7. The zero-order valence-electron chi connectivity index (χ0n) is 11.0. The Hall–Kier alpha value is -1.40. The molecule has 6 heteroatoms. The maximum absolute atomic E-state index is 12.7. The second-order valence-corrected chi connectivity index (χ2v) is 6.58. The number of carbonyl (C=O) groups excluding carboxylic acids is 1. The lowest BCUT2D eigenvalue weighted by Gasteiger charge is -2.33. The van der Waals surface area contributed by atoms with Gasteiger partial charge >= 0.3 is 0 Å². The van der Waals surface area contributed by atoms with Crippen LogP contribution in [0.1, 0.15) is 23.2 Å². The average molecular weight is 335 g/mol. The molecule has 1 N–H and O–H groups in total. The molecule has 2 aliphatic rings. The molecule has 1 saturated heterocycles. The summed E-state index contributed by atoms with van der Waals surface area (Å²) in [7, 11) is 0. The van der Waals surface area contributed by atoms with Gasteiger partial charge in [-0.1, -0.05) is 15.9 Å². The first-order chi connectivity index (χ1) is 9.67. The Kier molecular flexibility index (Phi) is 2.65. The molecule has 5 nitrogen and oxygen atoms in total. The topological polar surface area (TPSA) is 49.6 Å². The summed E-state index contributed by atoms with van der Waals surface area (Å²) in [6, 6.07) is 3.85. The fourth-order valence-corrected chi connectivity index (χ4v) is 3.24. The van der Waals surface area contributed by atoms with Crippen LogP contribution in [0.15, 0.2) is 29.0 Å². The number of nitrogens with zero attached hydrogens (tertiary/aromatic N) is 3. The Morgan fingerprint density at radius 2 is 2.30 bits per heavy atom. The molecule has 0 aromatic carbocycles. The van der Waals surface area contributed by atoms with Gasteiger partial charge in [-0.05, 0) is 25.0 Å². The van der Waals surface area contributed by atoms with Crippen molar-refractivity contribution in [3.8, 4) is 0 Å². The second-order valence-electron chi connectivity index (χ2n) is 5.67. The average Bonchev–Trinajstić information content (AvgIpc) is 3.06. The molecule has 0 bridgehead atoms. The van der Waals surface area contributed by atoms with Gasteiger partial charge in [-0.3, -0.25) is 4.79 Å². The summed E-state index contributed by atoms with van der Waals surface area (Å²) in [6.07, 6.45) is 5.89. The van der Waals surface area contributed by atoms with Crippen LogP contribution in [0, 0.1) is 0 Å². The number of fused-ring (bicyclic) bond motifs is 1. The van der Waals surface area contributed by atoms with Gasteiger partial charge in [-0.2, -0.15) is 5.10 Å². The first-order valence-corrected chi connectivity index (χ1v) is 7.63. The lowest BCUT2D eigenvalue weighted by Crippen LogP contribution is -2.54. The summed E-state index contributed by atoms with van der Waals surface area (Å²) < 4.78 is 2.70. The second kappa shape index (κ2) is 4.30. The van der Waals surface area contributed by atoms with Crippen molar-refractivity contribution in [2.45, 2.75) is 18.4 Å². The van der Waals surface area contributed by atoms with Crippen molar-refractivity contribution in [1.29, 1.82) is 0 Å². The van der Waals surface area contributed by atoms with Crippen LogP contribution in [0.3, 0.4) is 0 Å².